The molecule has 0 unspecified atom stereocenters. The van der Waals surface area contributed by atoms with Gasteiger partial charge in [-0.3, -0.25) is 0 Å². The van der Waals surface area contributed by atoms with E-state index in [1.807, 2.05) is 0 Å². The van der Waals surface area contributed by atoms with Crippen LogP contribution in [0.25, 0.3) is 0 Å². The Bertz CT molecular complexity index is 1090. The Labute approximate surface area is 193 Å². The number of nitrogens with one attached hydrogen (secondary N) is 1. The molecule has 1 fully saturated rings. The van der Waals surface area contributed by atoms with Gasteiger partial charge in [0.25, 0.3) is 5.79 Å². The fourth-order valence-electron chi connectivity index (χ4n) is 3.06. The molecule has 1 heterocycles. The van der Waals surface area contributed by atoms with Crippen LogP contribution in [0.4, 0.5) is 18.9 Å². The van der Waals surface area contributed by atoms with E-state index in [1.165, 1.54) is 58.4 Å². The van der Waals surface area contributed by atoms with Gasteiger partial charge in [-0.25, -0.2) is 9.59 Å². The predicted molar refractivity (Wildman–Crippen MR) is 113 cm³/mol. The van der Waals surface area contributed by atoms with Crippen molar-refractivity contribution in [2.45, 2.75) is 32.1 Å². The number of rotatable bonds is 7. The molecule has 0 aliphatic carbocycles. The number of carbonyl (C=O) groups excluding carboxylic acids is 2. The lowest BCUT2D eigenvalue weighted by molar-refractivity contribution is -0.222. The third-order valence-electron chi connectivity index (χ3n) is 4.58. The van der Waals surface area contributed by atoms with Crippen LogP contribution in [0.1, 0.15) is 31.3 Å². The largest absolute Gasteiger partial charge is 0.457 e. The summed E-state index contributed by atoms with van der Waals surface area (Å²) in [7, 11) is 2.75. The molecule has 0 saturated carbocycles. The maximum absolute atomic E-state index is 13.0. The van der Waals surface area contributed by atoms with Crippen molar-refractivity contribution in [1.82, 2.24) is 0 Å². The van der Waals surface area contributed by atoms with Crippen LogP contribution >= 0.6 is 0 Å². The summed E-state index contributed by atoms with van der Waals surface area (Å²) < 4.78 is 65.4. The first-order valence-electron chi connectivity index (χ1n) is 9.91. The molecule has 1 aliphatic heterocycles. The fraction of sp³-hybridized carbons (Fsp3) is 0.304. The molecule has 34 heavy (non-hydrogen) atoms. The third-order valence-corrected chi connectivity index (χ3v) is 4.58. The highest BCUT2D eigenvalue weighted by Crippen LogP contribution is 2.36. The molecule has 8 nitrogen and oxygen atoms in total. The summed E-state index contributed by atoms with van der Waals surface area (Å²) in [5.74, 6) is -2.95. The molecule has 0 aromatic heterocycles. The summed E-state index contributed by atoms with van der Waals surface area (Å²) in [4.78, 5) is 24.2. The molecule has 0 amide bonds. The second kappa shape index (κ2) is 9.74. The molecule has 0 radical (unpaired) electrons. The zero-order valence-electron chi connectivity index (χ0n) is 18.7. The third kappa shape index (κ3) is 5.86. The van der Waals surface area contributed by atoms with Crippen molar-refractivity contribution in [2.24, 2.45) is 0 Å². The number of alkyl halides is 3. The van der Waals surface area contributed by atoms with E-state index >= 15 is 0 Å². The van der Waals surface area contributed by atoms with E-state index < -0.39 is 35.8 Å². The summed E-state index contributed by atoms with van der Waals surface area (Å²) in [6, 6.07) is 8.94. The van der Waals surface area contributed by atoms with E-state index in [9.17, 15) is 22.8 Å². The van der Waals surface area contributed by atoms with E-state index in [2.05, 4.69) is 5.32 Å². The van der Waals surface area contributed by atoms with Crippen LogP contribution < -0.4 is 10.1 Å². The Hall–Kier alpha value is -3.57. The summed E-state index contributed by atoms with van der Waals surface area (Å²) in [5.41, 5.74) is -0.481. The number of methoxy groups -OCH3 is 2. The van der Waals surface area contributed by atoms with Crippen molar-refractivity contribution in [3.05, 3.63) is 65.4 Å². The summed E-state index contributed by atoms with van der Waals surface area (Å²) >= 11 is 0. The Kier molecular flexibility index (Phi) is 7.18. The monoisotopic (exact) mass is 481 g/mol. The lowest BCUT2D eigenvalue weighted by atomic mass is 10.1. The highest BCUT2D eigenvalue weighted by Gasteiger charge is 2.39. The second-order valence-corrected chi connectivity index (χ2v) is 7.56. The van der Waals surface area contributed by atoms with E-state index in [4.69, 9.17) is 23.7 Å². The van der Waals surface area contributed by atoms with Gasteiger partial charge in [0.2, 0.25) is 0 Å². The number of ether oxygens (including phenoxy) is 5. The van der Waals surface area contributed by atoms with Gasteiger partial charge >= 0.3 is 18.1 Å². The number of hydrogen-bond donors (Lipinski definition) is 1. The highest BCUT2D eigenvalue weighted by molar-refractivity contribution is 6.15. The molecule has 2 aromatic rings. The van der Waals surface area contributed by atoms with Gasteiger partial charge in [-0.05, 0) is 36.4 Å². The molecule has 1 N–H and O–H groups in total. The number of hydrogen-bond acceptors (Lipinski definition) is 8. The summed E-state index contributed by atoms with van der Waals surface area (Å²) in [6.45, 7) is 2.86. The molecule has 0 spiro atoms. The maximum atomic E-state index is 13.0. The SMILES string of the molecule is COC(OC)c1cc(NC=C2C(=O)OC(C)(C)OC2=O)ccc1Oc1cccc(C(F)(F)F)c1. The molecule has 2 aromatic carbocycles. The van der Waals surface area contributed by atoms with Crippen LogP contribution in [0.5, 0.6) is 11.5 Å². The molecule has 0 bridgehead atoms. The smallest absolute Gasteiger partial charge is 0.416 e. The van der Waals surface area contributed by atoms with Crippen LogP contribution in [0.3, 0.4) is 0 Å². The normalized spacial score (nSPS) is 15.6. The van der Waals surface area contributed by atoms with Gasteiger partial charge in [0, 0.05) is 40.0 Å². The van der Waals surface area contributed by atoms with Crippen LogP contribution in [-0.2, 0) is 34.7 Å². The Morgan fingerprint density at radius 3 is 2.24 bits per heavy atom. The van der Waals surface area contributed by atoms with E-state index in [0.717, 1.165) is 18.3 Å². The average Bonchev–Trinajstić information content (AvgIpc) is 2.74. The molecular formula is C23H22F3NO7. The molecular weight excluding hydrogens is 459 g/mol. The maximum Gasteiger partial charge on any atom is 0.416 e. The summed E-state index contributed by atoms with van der Waals surface area (Å²) in [6.07, 6.45) is -4.33. The topological polar surface area (TPSA) is 92.3 Å². The standard InChI is InChI=1S/C23H22F3NO7/c1-22(2)33-19(28)17(20(29)34-22)12-27-14-8-9-18(16(11-14)21(30-3)31-4)32-15-7-5-6-13(10-15)23(24,25)26/h5-12,21,27H,1-4H3. The first-order valence-corrected chi connectivity index (χ1v) is 9.91. The minimum Gasteiger partial charge on any atom is -0.457 e. The minimum absolute atomic E-state index is 0.0415. The van der Waals surface area contributed by atoms with Crippen molar-refractivity contribution in [3.8, 4) is 11.5 Å². The van der Waals surface area contributed by atoms with Gasteiger partial charge in [-0.15, -0.1) is 0 Å². The number of anilines is 1. The quantitative estimate of drug-likeness (QED) is 0.258. The van der Waals surface area contributed by atoms with Gasteiger partial charge < -0.3 is 29.0 Å². The first-order chi connectivity index (χ1) is 15.9. The van der Waals surface area contributed by atoms with Crippen molar-refractivity contribution in [2.75, 3.05) is 19.5 Å². The van der Waals surface area contributed by atoms with E-state index in [-0.39, 0.29) is 17.1 Å². The van der Waals surface area contributed by atoms with Gasteiger partial charge in [-0.2, -0.15) is 13.2 Å². The second-order valence-electron chi connectivity index (χ2n) is 7.56. The van der Waals surface area contributed by atoms with E-state index in [0.29, 0.717) is 11.3 Å². The molecule has 11 heteroatoms. The van der Waals surface area contributed by atoms with Crippen molar-refractivity contribution in [3.63, 3.8) is 0 Å². The lowest BCUT2D eigenvalue weighted by Crippen LogP contribution is -2.42. The van der Waals surface area contributed by atoms with Gasteiger partial charge in [-0.1, -0.05) is 6.07 Å². The van der Waals surface area contributed by atoms with Crippen LogP contribution in [0, 0.1) is 0 Å². The van der Waals surface area contributed by atoms with Crippen molar-refractivity contribution < 1.29 is 46.4 Å². The van der Waals surface area contributed by atoms with Crippen LogP contribution in [0.2, 0.25) is 0 Å². The van der Waals surface area contributed by atoms with Gasteiger partial charge in [0.15, 0.2) is 11.9 Å². The predicted octanol–water partition coefficient (Wildman–Crippen LogP) is 4.92. The first kappa shape index (κ1) is 25.1. The molecule has 1 saturated heterocycles. The van der Waals surface area contributed by atoms with E-state index in [1.54, 1.807) is 0 Å². The molecule has 182 valence electrons. The Morgan fingerprint density at radius 1 is 1.00 bits per heavy atom. The number of cyclic esters (lactones) is 2. The lowest BCUT2D eigenvalue weighted by Gasteiger charge is -2.29. The Morgan fingerprint density at radius 2 is 1.65 bits per heavy atom. The summed E-state index contributed by atoms with van der Waals surface area (Å²) in [5, 5.41) is 2.79. The average molecular weight is 481 g/mol. The van der Waals surface area contributed by atoms with Crippen LogP contribution in [-0.4, -0.2) is 31.9 Å². The zero-order valence-corrected chi connectivity index (χ0v) is 18.7. The molecule has 1 aliphatic rings. The minimum atomic E-state index is -4.53. The zero-order chi connectivity index (χ0) is 25.1. The van der Waals surface area contributed by atoms with Gasteiger partial charge in [0.05, 0.1) is 11.1 Å². The van der Waals surface area contributed by atoms with Crippen LogP contribution in [0.15, 0.2) is 54.2 Å². The number of esters is 2. The molecule has 3 rings (SSSR count). The number of benzene rings is 2. The number of carbonyl (C=O) groups is 2. The van der Waals surface area contributed by atoms with Gasteiger partial charge in [0.1, 0.15) is 11.5 Å². The van der Waals surface area contributed by atoms with Crippen molar-refractivity contribution >= 4 is 17.6 Å². The molecule has 0 atom stereocenters. The Balaban J connectivity index is 1.89. The highest BCUT2D eigenvalue weighted by atomic mass is 19.4. The van der Waals surface area contributed by atoms with Crippen molar-refractivity contribution in [1.29, 1.82) is 0 Å². The number of halogens is 3. The fourth-order valence-corrected chi connectivity index (χ4v) is 3.06.